The van der Waals surface area contributed by atoms with Crippen molar-refractivity contribution in [1.82, 2.24) is 4.31 Å². The molecule has 1 saturated heterocycles. The predicted molar refractivity (Wildman–Crippen MR) is 34.1 cm³/mol. The molecule has 0 saturated carbocycles. The largest absolute Gasteiger partial charge is 0.222 e. The molecule has 1 rings (SSSR count). The van der Waals surface area contributed by atoms with E-state index in [1.807, 2.05) is 0 Å². The highest BCUT2D eigenvalue weighted by Crippen LogP contribution is 2.17. The van der Waals surface area contributed by atoms with Gasteiger partial charge in [0.15, 0.2) is 0 Å². The fraction of sp³-hybridized carbons (Fsp3) is 1.00. The van der Waals surface area contributed by atoms with Crippen molar-refractivity contribution in [1.29, 1.82) is 0 Å². The van der Waals surface area contributed by atoms with E-state index in [1.165, 1.54) is 6.42 Å². The Balaban J connectivity index is 2.13. The van der Waals surface area contributed by atoms with Gasteiger partial charge in [-0.1, -0.05) is 6.42 Å². The van der Waals surface area contributed by atoms with Crippen molar-refractivity contribution in [2.45, 2.75) is 19.3 Å². The molecule has 0 atom stereocenters. The molecule has 0 unspecified atom stereocenters. The second-order valence-corrected chi connectivity index (χ2v) is 2.71. The number of hydrogen-bond donors (Lipinski definition) is 0. The van der Waals surface area contributed by atoms with Gasteiger partial charge in [-0.25, -0.2) is 4.31 Å². The molecular formula is C5H10FNS. The van der Waals surface area contributed by atoms with Crippen molar-refractivity contribution < 1.29 is 3.89 Å². The SMILES string of the molecule is FSN1CCCCC1. The molecule has 0 aromatic heterocycles. The number of rotatable bonds is 1. The summed E-state index contributed by atoms with van der Waals surface area (Å²) in [6, 6.07) is 0. The quantitative estimate of drug-likeness (QED) is 0.506. The van der Waals surface area contributed by atoms with Gasteiger partial charge in [-0.2, -0.15) is 0 Å². The first kappa shape index (κ1) is 6.36. The lowest BCUT2D eigenvalue weighted by Crippen LogP contribution is -2.21. The standard InChI is InChI=1S/C5H10FNS/c6-8-7-4-2-1-3-5-7/h1-5H2. The maximum Gasteiger partial charge on any atom is 0.134 e. The summed E-state index contributed by atoms with van der Waals surface area (Å²) in [7, 11) is 0. The van der Waals surface area contributed by atoms with Crippen LogP contribution in [-0.4, -0.2) is 17.4 Å². The fourth-order valence-corrected chi connectivity index (χ4v) is 1.33. The van der Waals surface area contributed by atoms with Crippen LogP contribution >= 0.6 is 12.3 Å². The fourth-order valence-electron chi connectivity index (χ4n) is 0.934. The molecule has 1 nitrogen and oxygen atoms in total. The van der Waals surface area contributed by atoms with Gasteiger partial charge in [0.05, 0.1) is 0 Å². The molecule has 0 aromatic carbocycles. The second-order valence-electron chi connectivity index (χ2n) is 2.06. The first-order valence-electron chi connectivity index (χ1n) is 2.97. The molecule has 1 heterocycles. The third kappa shape index (κ3) is 1.63. The molecule has 1 fully saturated rings. The molecule has 1 aliphatic heterocycles. The lowest BCUT2D eigenvalue weighted by atomic mass is 10.2. The van der Waals surface area contributed by atoms with Crippen molar-refractivity contribution in [2.24, 2.45) is 0 Å². The third-order valence-corrected chi connectivity index (χ3v) is 1.97. The molecule has 0 spiro atoms. The van der Waals surface area contributed by atoms with Crippen LogP contribution in [0.5, 0.6) is 0 Å². The van der Waals surface area contributed by atoms with Crippen LogP contribution < -0.4 is 0 Å². The summed E-state index contributed by atoms with van der Waals surface area (Å²) in [5, 5.41) is 0. The van der Waals surface area contributed by atoms with Gasteiger partial charge in [-0.15, -0.1) is 3.89 Å². The molecule has 0 amide bonds. The number of halogens is 1. The van der Waals surface area contributed by atoms with Gasteiger partial charge in [-0.05, 0) is 12.8 Å². The summed E-state index contributed by atoms with van der Waals surface area (Å²) in [4.78, 5) is 0. The molecule has 0 bridgehead atoms. The van der Waals surface area contributed by atoms with Crippen LogP contribution in [0.2, 0.25) is 0 Å². The summed E-state index contributed by atoms with van der Waals surface area (Å²) in [6.45, 7) is 1.86. The monoisotopic (exact) mass is 135 g/mol. The van der Waals surface area contributed by atoms with Gasteiger partial charge < -0.3 is 0 Å². The highest BCUT2D eigenvalue weighted by atomic mass is 32.2. The Hall–Kier alpha value is 0.240. The molecule has 0 N–H and O–H groups in total. The van der Waals surface area contributed by atoms with E-state index in [9.17, 15) is 3.89 Å². The lowest BCUT2D eigenvalue weighted by Gasteiger charge is -2.20. The van der Waals surface area contributed by atoms with Crippen molar-refractivity contribution >= 4 is 12.3 Å². The number of hydrogen-bond acceptors (Lipinski definition) is 2. The van der Waals surface area contributed by atoms with Crippen molar-refractivity contribution in [2.75, 3.05) is 13.1 Å². The van der Waals surface area contributed by atoms with Gasteiger partial charge in [-0.3, -0.25) is 0 Å². The minimum Gasteiger partial charge on any atom is -0.222 e. The van der Waals surface area contributed by atoms with E-state index >= 15 is 0 Å². The van der Waals surface area contributed by atoms with Gasteiger partial charge >= 0.3 is 0 Å². The maximum absolute atomic E-state index is 11.7. The van der Waals surface area contributed by atoms with E-state index in [1.54, 1.807) is 4.31 Å². The van der Waals surface area contributed by atoms with E-state index in [4.69, 9.17) is 0 Å². The van der Waals surface area contributed by atoms with Crippen LogP contribution in [0, 0.1) is 0 Å². The zero-order valence-corrected chi connectivity index (χ0v) is 5.59. The van der Waals surface area contributed by atoms with E-state index in [-0.39, 0.29) is 0 Å². The second kappa shape index (κ2) is 3.30. The Morgan fingerprint density at radius 3 is 2.12 bits per heavy atom. The summed E-state index contributed by atoms with van der Waals surface area (Å²) >= 11 is 0.379. The smallest absolute Gasteiger partial charge is 0.134 e. The molecule has 48 valence electrons. The van der Waals surface area contributed by atoms with E-state index in [2.05, 4.69) is 0 Å². The van der Waals surface area contributed by atoms with Crippen LogP contribution in [0.3, 0.4) is 0 Å². The van der Waals surface area contributed by atoms with Crippen LogP contribution in [0.25, 0.3) is 0 Å². The third-order valence-electron chi connectivity index (χ3n) is 1.41. The highest BCUT2D eigenvalue weighted by Gasteiger charge is 2.08. The molecule has 1 aliphatic rings. The van der Waals surface area contributed by atoms with Crippen molar-refractivity contribution in [3.8, 4) is 0 Å². The normalized spacial score (nSPS) is 23.6. The van der Waals surface area contributed by atoms with E-state index in [0.717, 1.165) is 25.9 Å². The average molecular weight is 135 g/mol. The average Bonchev–Trinajstić information content (AvgIpc) is 1.90. The van der Waals surface area contributed by atoms with Gasteiger partial charge in [0.1, 0.15) is 12.3 Å². The van der Waals surface area contributed by atoms with Crippen LogP contribution in [-0.2, 0) is 0 Å². The molecule has 3 heteroatoms. The minimum absolute atomic E-state index is 0.379. The molecule has 0 aliphatic carbocycles. The molecular weight excluding hydrogens is 125 g/mol. The van der Waals surface area contributed by atoms with E-state index in [0.29, 0.717) is 12.3 Å². The molecule has 8 heavy (non-hydrogen) atoms. The zero-order valence-electron chi connectivity index (χ0n) is 4.77. The Kier molecular flexibility index (Phi) is 2.63. The first-order chi connectivity index (χ1) is 3.93. The van der Waals surface area contributed by atoms with E-state index < -0.39 is 0 Å². The Morgan fingerprint density at radius 1 is 1.12 bits per heavy atom. The van der Waals surface area contributed by atoms with Gasteiger partial charge in [0.2, 0.25) is 0 Å². The summed E-state index contributed by atoms with van der Waals surface area (Å²) in [5.41, 5.74) is 0. The minimum atomic E-state index is 0.379. The molecule has 0 aromatic rings. The number of nitrogens with zero attached hydrogens (tertiary/aromatic N) is 1. The summed E-state index contributed by atoms with van der Waals surface area (Å²) < 4.78 is 13.5. The Bertz CT molecular complexity index is 63.4. The first-order valence-corrected chi connectivity index (χ1v) is 3.64. The van der Waals surface area contributed by atoms with Gasteiger partial charge in [0, 0.05) is 13.1 Å². The highest BCUT2D eigenvalue weighted by molar-refractivity contribution is 7.91. The molecule has 0 radical (unpaired) electrons. The van der Waals surface area contributed by atoms with Crippen molar-refractivity contribution in [3.05, 3.63) is 0 Å². The van der Waals surface area contributed by atoms with Crippen LogP contribution in [0.15, 0.2) is 0 Å². The number of piperidine rings is 1. The maximum atomic E-state index is 11.7. The van der Waals surface area contributed by atoms with Crippen molar-refractivity contribution in [3.63, 3.8) is 0 Å². The van der Waals surface area contributed by atoms with Crippen LogP contribution in [0.4, 0.5) is 3.89 Å². The summed E-state index contributed by atoms with van der Waals surface area (Å²) in [6.07, 6.45) is 3.60. The lowest BCUT2D eigenvalue weighted by molar-refractivity contribution is 0.373. The van der Waals surface area contributed by atoms with Crippen LogP contribution in [0.1, 0.15) is 19.3 Å². The predicted octanol–water partition coefficient (Wildman–Crippen LogP) is 2.00. The topological polar surface area (TPSA) is 3.24 Å². The zero-order chi connectivity index (χ0) is 5.82. The summed E-state index contributed by atoms with van der Waals surface area (Å²) in [5.74, 6) is 0. The van der Waals surface area contributed by atoms with Gasteiger partial charge in [0.25, 0.3) is 0 Å². The Labute approximate surface area is 53.7 Å². The Morgan fingerprint density at radius 2 is 1.75 bits per heavy atom.